The van der Waals surface area contributed by atoms with Crippen LogP contribution < -0.4 is 0 Å². The van der Waals surface area contributed by atoms with Gasteiger partial charge in [0.1, 0.15) is 4.21 Å². The van der Waals surface area contributed by atoms with Crippen LogP contribution in [0.4, 0.5) is 0 Å². The zero-order chi connectivity index (χ0) is 15.5. The third kappa shape index (κ3) is 4.26. The zero-order valence-electron chi connectivity index (χ0n) is 12.7. The van der Waals surface area contributed by atoms with Crippen molar-refractivity contribution in [3.63, 3.8) is 0 Å². The second-order valence-electron chi connectivity index (χ2n) is 5.79. The molecule has 1 fully saturated rings. The average Bonchev–Trinajstić information content (AvgIpc) is 2.88. The van der Waals surface area contributed by atoms with Crippen molar-refractivity contribution in [1.29, 1.82) is 0 Å². The third-order valence-corrected chi connectivity index (χ3v) is 7.06. The summed E-state index contributed by atoms with van der Waals surface area (Å²) in [6.45, 7) is 8.14. The van der Waals surface area contributed by atoms with Gasteiger partial charge in [0.05, 0.1) is 0 Å². The second kappa shape index (κ2) is 7.19. The number of nitrogens with zero attached hydrogens (tertiary/aromatic N) is 2. The molecule has 1 saturated heterocycles. The maximum Gasteiger partial charge on any atom is 0.252 e. The summed E-state index contributed by atoms with van der Waals surface area (Å²) >= 11 is 1.27. The first kappa shape index (κ1) is 16.9. The van der Waals surface area contributed by atoms with E-state index < -0.39 is 10.0 Å². The Bertz CT molecular complexity index is 546. The molecule has 2 heterocycles. The van der Waals surface area contributed by atoms with Crippen LogP contribution >= 0.6 is 11.3 Å². The molecule has 1 aromatic heterocycles. The molecular formula is C14H24N2O3S2. The molecule has 0 aromatic carbocycles. The highest BCUT2D eigenvalue weighted by Gasteiger charge is 2.29. The Balaban J connectivity index is 2.00. The minimum atomic E-state index is -3.37. The molecule has 2 rings (SSSR count). The van der Waals surface area contributed by atoms with Crippen molar-refractivity contribution in [3.05, 3.63) is 17.0 Å². The fourth-order valence-corrected chi connectivity index (χ4v) is 5.46. The molecule has 0 radical (unpaired) electrons. The normalized spacial score (nSPS) is 18.5. The maximum atomic E-state index is 12.6. The Labute approximate surface area is 131 Å². The number of rotatable bonds is 6. The van der Waals surface area contributed by atoms with Crippen LogP contribution in [0.1, 0.15) is 18.7 Å². The summed E-state index contributed by atoms with van der Waals surface area (Å²) in [4.78, 5) is 3.23. The van der Waals surface area contributed by atoms with Crippen molar-refractivity contribution < 1.29 is 13.5 Å². The first-order chi connectivity index (χ1) is 9.93. The van der Waals surface area contributed by atoms with Gasteiger partial charge in [0.2, 0.25) is 0 Å². The summed E-state index contributed by atoms with van der Waals surface area (Å²) in [5, 5.41) is 8.92. The molecule has 0 saturated carbocycles. The Morgan fingerprint density at radius 2 is 1.90 bits per heavy atom. The molecule has 1 aliphatic heterocycles. The van der Waals surface area contributed by atoms with Crippen LogP contribution in [0.5, 0.6) is 0 Å². The van der Waals surface area contributed by atoms with E-state index >= 15 is 0 Å². The largest absolute Gasteiger partial charge is 0.396 e. The second-order valence-corrected chi connectivity index (χ2v) is 9.13. The maximum absolute atomic E-state index is 12.6. The number of thiophene rings is 1. The molecule has 0 bridgehead atoms. The van der Waals surface area contributed by atoms with E-state index in [9.17, 15) is 8.42 Å². The van der Waals surface area contributed by atoms with Crippen LogP contribution in [0.2, 0.25) is 0 Å². The van der Waals surface area contributed by atoms with Crippen LogP contribution in [0, 0.1) is 5.92 Å². The lowest BCUT2D eigenvalue weighted by atomic mass is 10.2. The monoisotopic (exact) mass is 332 g/mol. The van der Waals surface area contributed by atoms with Crippen molar-refractivity contribution in [2.45, 2.75) is 24.5 Å². The van der Waals surface area contributed by atoms with E-state index in [0.717, 1.165) is 24.5 Å². The first-order valence-corrected chi connectivity index (χ1v) is 9.61. The molecule has 0 spiro atoms. The van der Waals surface area contributed by atoms with Crippen molar-refractivity contribution in [2.24, 2.45) is 5.92 Å². The number of piperazine rings is 1. The summed E-state index contributed by atoms with van der Waals surface area (Å²) in [5.74, 6) is 0.603. The van der Waals surface area contributed by atoms with E-state index in [2.05, 4.69) is 18.7 Å². The van der Waals surface area contributed by atoms with E-state index in [0.29, 0.717) is 29.6 Å². The van der Waals surface area contributed by atoms with Gasteiger partial charge in [0, 0.05) is 50.6 Å². The molecule has 0 unspecified atom stereocenters. The molecule has 21 heavy (non-hydrogen) atoms. The smallest absolute Gasteiger partial charge is 0.252 e. The van der Waals surface area contributed by atoms with Crippen LogP contribution in [-0.2, 0) is 16.4 Å². The van der Waals surface area contributed by atoms with Crippen LogP contribution in [0.25, 0.3) is 0 Å². The van der Waals surface area contributed by atoms with Gasteiger partial charge >= 0.3 is 0 Å². The van der Waals surface area contributed by atoms with Crippen LogP contribution in [0.15, 0.2) is 16.3 Å². The van der Waals surface area contributed by atoms with Gasteiger partial charge in [-0.3, -0.25) is 0 Å². The van der Waals surface area contributed by atoms with Gasteiger partial charge in [-0.05, 0) is 18.1 Å². The van der Waals surface area contributed by atoms with E-state index in [-0.39, 0.29) is 6.61 Å². The molecule has 1 aliphatic rings. The minimum Gasteiger partial charge on any atom is -0.396 e. The molecule has 1 aromatic rings. The van der Waals surface area contributed by atoms with Gasteiger partial charge in [-0.25, -0.2) is 8.42 Å². The predicted molar refractivity (Wildman–Crippen MR) is 85.1 cm³/mol. The molecule has 1 N–H and O–H groups in total. The predicted octanol–water partition coefficient (Wildman–Crippen LogP) is 1.25. The van der Waals surface area contributed by atoms with E-state index in [1.807, 2.05) is 0 Å². The first-order valence-electron chi connectivity index (χ1n) is 7.35. The summed E-state index contributed by atoms with van der Waals surface area (Å²) in [7, 11) is -3.37. The lowest BCUT2D eigenvalue weighted by Gasteiger charge is -2.34. The molecule has 0 atom stereocenters. The fraction of sp³-hybridized carbons (Fsp3) is 0.714. The highest BCUT2D eigenvalue weighted by atomic mass is 32.2. The lowest BCUT2D eigenvalue weighted by Crippen LogP contribution is -2.49. The van der Waals surface area contributed by atoms with Crippen molar-refractivity contribution in [2.75, 3.05) is 39.3 Å². The van der Waals surface area contributed by atoms with E-state index in [4.69, 9.17) is 5.11 Å². The standard InChI is InChI=1S/C14H24N2O3S2/c1-12(2)11-15-6-8-16(9-7-15)21(18,19)14-4-3-13(20-14)5-10-17/h3-4,12,17H,5-11H2,1-2H3. The Morgan fingerprint density at radius 3 is 2.48 bits per heavy atom. The van der Waals surface area contributed by atoms with Gasteiger partial charge < -0.3 is 10.0 Å². The van der Waals surface area contributed by atoms with Crippen molar-refractivity contribution >= 4 is 21.4 Å². The van der Waals surface area contributed by atoms with Crippen LogP contribution in [-0.4, -0.2) is 62.1 Å². The lowest BCUT2D eigenvalue weighted by molar-refractivity contribution is 0.172. The van der Waals surface area contributed by atoms with Crippen LogP contribution in [0.3, 0.4) is 0 Å². The quantitative estimate of drug-likeness (QED) is 0.852. The highest BCUT2D eigenvalue weighted by Crippen LogP contribution is 2.26. The van der Waals surface area contributed by atoms with Gasteiger partial charge in [-0.15, -0.1) is 11.3 Å². The molecular weight excluding hydrogens is 308 g/mol. The molecule has 0 amide bonds. The number of sulfonamides is 1. The van der Waals surface area contributed by atoms with E-state index in [1.54, 1.807) is 16.4 Å². The Morgan fingerprint density at radius 1 is 1.24 bits per heavy atom. The van der Waals surface area contributed by atoms with Gasteiger partial charge in [0.15, 0.2) is 0 Å². The molecule has 7 heteroatoms. The SMILES string of the molecule is CC(C)CN1CCN(S(=O)(=O)c2ccc(CCO)s2)CC1. The Hall–Kier alpha value is -0.470. The summed E-state index contributed by atoms with van der Waals surface area (Å²) in [6.07, 6.45) is 0.516. The molecule has 5 nitrogen and oxygen atoms in total. The van der Waals surface area contributed by atoms with Gasteiger partial charge in [-0.2, -0.15) is 4.31 Å². The third-order valence-electron chi connectivity index (χ3n) is 3.54. The summed E-state index contributed by atoms with van der Waals surface area (Å²) < 4.78 is 27.2. The molecule has 0 aliphatic carbocycles. The average molecular weight is 332 g/mol. The minimum absolute atomic E-state index is 0.0495. The molecule has 120 valence electrons. The number of hydrogen-bond acceptors (Lipinski definition) is 5. The summed E-state index contributed by atoms with van der Waals surface area (Å²) in [5.41, 5.74) is 0. The Kier molecular flexibility index (Phi) is 5.79. The number of hydrogen-bond donors (Lipinski definition) is 1. The van der Waals surface area contributed by atoms with E-state index in [1.165, 1.54) is 11.3 Å². The van der Waals surface area contributed by atoms with Crippen molar-refractivity contribution in [3.8, 4) is 0 Å². The van der Waals surface area contributed by atoms with Gasteiger partial charge in [-0.1, -0.05) is 13.8 Å². The fourth-order valence-electron chi connectivity index (χ4n) is 2.54. The zero-order valence-corrected chi connectivity index (χ0v) is 14.3. The topological polar surface area (TPSA) is 60.9 Å². The van der Waals surface area contributed by atoms with Crippen molar-refractivity contribution in [1.82, 2.24) is 9.21 Å². The number of aliphatic hydroxyl groups excluding tert-OH is 1. The summed E-state index contributed by atoms with van der Waals surface area (Å²) in [6, 6.07) is 3.45. The van der Waals surface area contributed by atoms with Gasteiger partial charge in [0.25, 0.3) is 10.0 Å². The highest BCUT2D eigenvalue weighted by molar-refractivity contribution is 7.91. The number of aliphatic hydroxyl groups is 1.